The van der Waals surface area contributed by atoms with E-state index < -0.39 is 18.0 Å². The summed E-state index contributed by atoms with van der Waals surface area (Å²) in [5, 5.41) is 22.8. The van der Waals surface area contributed by atoms with Crippen LogP contribution in [-0.4, -0.2) is 63.1 Å². The number of fused-ring (bicyclic) bond motifs is 1. The number of nitrogens with two attached hydrogens (primary N) is 1. The normalized spacial score (nSPS) is 26.3. The molecule has 6 N–H and O–H groups in total. The molecule has 0 aliphatic carbocycles. The van der Waals surface area contributed by atoms with E-state index >= 15 is 0 Å². The van der Waals surface area contributed by atoms with Crippen molar-refractivity contribution in [2.75, 3.05) is 11.5 Å². The molecule has 0 aromatic heterocycles. The van der Waals surface area contributed by atoms with E-state index in [1.807, 2.05) is 11.8 Å². The Morgan fingerprint density at radius 3 is 2.57 bits per heavy atom. The minimum absolute atomic E-state index is 0.0640. The molecule has 0 radical (unpaired) electrons. The van der Waals surface area contributed by atoms with E-state index in [9.17, 15) is 14.4 Å². The quantitative estimate of drug-likeness (QED) is 0.214. The van der Waals surface area contributed by atoms with Crippen molar-refractivity contribution in [1.29, 1.82) is 0 Å². The fourth-order valence-corrected chi connectivity index (χ4v) is 4.04. The number of carboxylic acids is 2. The summed E-state index contributed by atoms with van der Waals surface area (Å²) in [5.41, 5.74) is 4.94. The van der Waals surface area contributed by atoms with Gasteiger partial charge in [0, 0.05) is 23.2 Å². The first-order chi connectivity index (χ1) is 10.8. The van der Waals surface area contributed by atoms with Crippen LogP contribution in [0.4, 0.5) is 4.79 Å². The number of hydrogen-bond acceptors (Lipinski definition) is 6. The number of unbranched alkanes of at least 4 members (excludes halogenated alkanes) is 1. The van der Waals surface area contributed by atoms with Crippen LogP contribution in [0.25, 0.3) is 0 Å². The highest BCUT2D eigenvalue weighted by atomic mass is 32.2. The Morgan fingerprint density at radius 1 is 1.35 bits per heavy atom. The summed E-state index contributed by atoms with van der Waals surface area (Å²) in [6, 6.07) is -0.376. The number of aliphatic carboxylic acids is 2. The first kappa shape index (κ1) is 19.9. The predicted octanol–water partition coefficient (Wildman–Crippen LogP) is 0.125. The van der Waals surface area contributed by atoms with Crippen molar-refractivity contribution < 1.29 is 24.6 Å². The van der Waals surface area contributed by atoms with Crippen LogP contribution in [0.5, 0.6) is 0 Å². The first-order valence-electron chi connectivity index (χ1n) is 7.34. The molecule has 2 aliphatic rings. The molecule has 4 atom stereocenters. The first-order valence-corrected chi connectivity index (χ1v) is 9.03. The van der Waals surface area contributed by atoms with Gasteiger partial charge in [0.2, 0.25) is 0 Å². The average Bonchev–Trinajstić information content (AvgIpc) is 3.02. The molecule has 2 fully saturated rings. The van der Waals surface area contributed by atoms with E-state index in [0.717, 1.165) is 25.0 Å². The maximum Gasteiger partial charge on any atom is 0.321 e. The van der Waals surface area contributed by atoms with Crippen molar-refractivity contribution >= 4 is 42.4 Å². The molecular weight excluding hydrogens is 342 g/mol. The molecule has 0 saturated carbocycles. The van der Waals surface area contributed by atoms with Gasteiger partial charge in [-0.2, -0.15) is 24.4 Å². The van der Waals surface area contributed by atoms with Gasteiger partial charge >= 0.3 is 18.0 Å². The molecule has 2 aliphatic heterocycles. The lowest BCUT2D eigenvalue weighted by atomic mass is 10.0. The third-order valence-electron chi connectivity index (χ3n) is 3.58. The van der Waals surface area contributed by atoms with Crippen LogP contribution in [0, 0.1) is 0 Å². The molecule has 132 valence electrons. The second kappa shape index (κ2) is 9.89. The lowest BCUT2D eigenvalue weighted by Crippen LogP contribution is -2.36. The number of rotatable bonds is 7. The molecule has 2 heterocycles. The third-order valence-corrected chi connectivity index (χ3v) is 5.48. The number of urea groups is 1. The van der Waals surface area contributed by atoms with Gasteiger partial charge in [0.1, 0.15) is 6.04 Å². The topological polar surface area (TPSA) is 142 Å². The summed E-state index contributed by atoms with van der Waals surface area (Å²) in [4.78, 5) is 31.2. The smallest absolute Gasteiger partial charge is 0.321 e. The van der Waals surface area contributed by atoms with E-state index in [2.05, 4.69) is 23.3 Å². The molecule has 0 aromatic rings. The van der Waals surface area contributed by atoms with Gasteiger partial charge in [-0.1, -0.05) is 6.42 Å². The van der Waals surface area contributed by atoms with Gasteiger partial charge in [-0.25, -0.2) is 4.79 Å². The fourth-order valence-electron chi connectivity index (χ4n) is 2.34. The molecule has 10 heteroatoms. The van der Waals surface area contributed by atoms with Gasteiger partial charge in [-0.05, 0) is 12.8 Å². The largest absolute Gasteiger partial charge is 0.481 e. The van der Waals surface area contributed by atoms with Crippen molar-refractivity contribution in [2.45, 2.75) is 49.1 Å². The number of amides is 2. The van der Waals surface area contributed by atoms with Gasteiger partial charge in [-0.15, -0.1) is 0 Å². The van der Waals surface area contributed by atoms with E-state index in [0.29, 0.717) is 5.25 Å². The molecule has 0 unspecified atom stereocenters. The third kappa shape index (κ3) is 6.88. The maximum absolute atomic E-state index is 11.1. The number of thiol groups is 1. The Balaban J connectivity index is 0.000000322. The summed E-state index contributed by atoms with van der Waals surface area (Å²) >= 11 is 5.52. The standard InChI is InChI=1S/C10H16N2O3S.C3H7NO2S/c13-8(14)4-2-1-3-7-9-6(5-16-7)11-10(15)12-9;4-2(1-7)3(5)6/h6-7,9H,1-5H2,(H,13,14)(H2,11,12,15);2,7H,1,4H2,(H,5,6)/t6-,7-,9-;2-/m00/s1. The molecule has 8 nitrogen and oxygen atoms in total. The second-order valence-corrected chi connectivity index (χ2v) is 7.03. The van der Waals surface area contributed by atoms with Gasteiger partial charge in [-0.3, -0.25) is 9.59 Å². The number of carbonyl (C=O) groups is 3. The number of thioether (sulfide) groups is 1. The highest BCUT2D eigenvalue weighted by Gasteiger charge is 2.42. The van der Waals surface area contributed by atoms with Gasteiger partial charge < -0.3 is 26.6 Å². The highest BCUT2D eigenvalue weighted by molar-refractivity contribution is 8.00. The van der Waals surface area contributed by atoms with E-state index in [1.165, 1.54) is 0 Å². The molecular formula is C13H23N3O5S2. The van der Waals surface area contributed by atoms with Crippen LogP contribution < -0.4 is 16.4 Å². The molecule has 0 bridgehead atoms. The van der Waals surface area contributed by atoms with Crippen LogP contribution >= 0.6 is 24.4 Å². The number of nitrogens with one attached hydrogen (secondary N) is 2. The molecule has 2 saturated heterocycles. The zero-order valence-electron chi connectivity index (χ0n) is 12.6. The van der Waals surface area contributed by atoms with Crippen molar-refractivity contribution in [1.82, 2.24) is 10.6 Å². The van der Waals surface area contributed by atoms with Gasteiger partial charge in [0.15, 0.2) is 0 Å². The molecule has 0 spiro atoms. The Kier molecular flexibility index (Phi) is 8.56. The minimum Gasteiger partial charge on any atom is -0.481 e. The average molecular weight is 365 g/mol. The minimum atomic E-state index is -1.00. The second-order valence-electron chi connectivity index (χ2n) is 5.39. The van der Waals surface area contributed by atoms with Crippen LogP contribution in [-0.2, 0) is 9.59 Å². The summed E-state index contributed by atoms with van der Waals surface area (Å²) in [6.07, 6.45) is 2.88. The lowest BCUT2D eigenvalue weighted by Gasteiger charge is -2.16. The van der Waals surface area contributed by atoms with Crippen molar-refractivity contribution in [3.63, 3.8) is 0 Å². The molecule has 23 heavy (non-hydrogen) atoms. The molecule has 0 aromatic carbocycles. The van der Waals surface area contributed by atoms with Gasteiger partial charge in [0.25, 0.3) is 0 Å². The van der Waals surface area contributed by atoms with Crippen LogP contribution in [0.3, 0.4) is 0 Å². The Morgan fingerprint density at radius 2 is 2.04 bits per heavy atom. The summed E-state index contributed by atoms with van der Waals surface area (Å²) in [7, 11) is 0. The van der Waals surface area contributed by atoms with E-state index in [4.69, 9.17) is 15.9 Å². The Hall–Kier alpha value is -1.13. The van der Waals surface area contributed by atoms with Crippen LogP contribution in [0.15, 0.2) is 0 Å². The van der Waals surface area contributed by atoms with E-state index in [-0.39, 0.29) is 30.3 Å². The summed E-state index contributed by atoms with van der Waals surface area (Å²) < 4.78 is 0. The SMILES string of the molecule is N[C@@H](CS)C(=O)O.O=C(O)CCCC[C@@H]1SC[C@@H]2NC(=O)N[C@@H]21. The Bertz CT molecular complexity index is 438. The number of hydrogen-bond donors (Lipinski definition) is 6. The van der Waals surface area contributed by atoms with Crippen molar-refractivity contribution in [3.8, 4) is 0 Å². The summed E-state index contributed by atoms with van der Waals surface area (Å²) in [5.74, 6) is -0.578. The zero-order valence-corrected chi connectivity index (χ0v) is 14.3. The fraction of sp³-hybridized carbons (Fsp3) is 0.769. The maximum atomic E-state index is 11.1. The zero-order chi connectivity index (χ0) is 17.4. The Labute approximate surface area is 144 Å². The molecule has 2 amide bonds. The molecule has 2 rings (SSSR count). The number of carboxylic acid groups (broad SMARTS) is 2. The van der Waals surface area contributed by atoms with Crippen LogP contribution in [0.2, 0.25) is 0 Å². The monoisotopic (exact) mass is 365 g/mol. The van der Waals surface area contributed by atoms with Crippen LogP contribution in [0.1, 0.15) is 25.7 Å². The van der Waals surface area contributed by atoms with Crippen molar-refractivity contribution in [2.24, 2.45) is 5.73 Å². The predicted molar refractivity (Wildman–Crippen MR) is 91.1 cm³/mol. The van der Waals surface area contributed by atoms with E-state index in [1.54, 1.807) is 0 Å². The van der Waals surface area contributed by atoms with Gasteiger partial charge in [0.05, 0.1) is 12.1 Å². The lowest BCUT2D eigenvalue weighted by molar-refractivity contribution is -0.138. The number of carbonyl (C=O) groups excluding carboxylic acids is 1. The summed E-state index contributed by atoms with van der Waals surface area (Å²) in [6.45, 7) is 0. The van der Waals surface area contributed by atoms with Crippen molar-refractivity contribution in [3.05, 3.63) is 0 Å². The highest BCUT2D eigenvalue weighted by Crippen LogP contribution is 2.33.